The molecule has 0 spiro atoms. The number of amides is 1. The fraction of sp³-hybridized carbons (Fsp3) is 0.286. The topological polar surface area (TPSA) is 68.5 Å². The predicted octanol–water partition coefficient (Wildman–Crippen LogP) is 4.44. The van der Waals surface area contributed by atoms with Crippen molar-refractivity contribution in [3.05, 3.63) is 64.8 Å². The number of carbonyl (C=O) groups is 1. The molecule has 1 aromatic heterocycles. The number of halogens is 2. The van der Waals surface area contributed by atoms with Crippen LogP contribution in [0.15, 0.2) is 47.0 Å². The Kier molecular flexibility index (Phi) is 5.49. The molecule has 1 aliphatic heterocycles. The van der Waals surface area contributed by atoms with Crippen molar-refractivity contribution >= 4 is 17.5 Å². The number of likely N-dealkylation sites (tertiary alicyclic amines) is 1. The van der Waals surface area contributed by atoms with Crippen LogP contribution in [0.2, 0.25) is 5.02 Å². The van der Waals surface area contributed by atoms with Crippen LogP contribution < -0.4 is 4.74 Å². The van der Waals surface area contributed by atoms with Gasteiger partial charge < -0.3 is 14.2 Å². The van der Waals surface area contributed by atoms with Gasteiger partial charge in [-0.25, -0.2) is 4.39 Å². The molecule has 3 aromatic rings. The third-order valence-electron chi connectivity index (χ3n) is 4.77. The third-order valence-corrected chi connectivity index (χ3v) is 5.07. The molecule has 0 aliphatic carbocycles. The van der Waals surface area contributed by atoms with Crippen LogP contribution in [0.4, 0.5) is 4.39 Å². The van der Waals surface area contributed by atoms with Crippen molar-refractivity contribution in [2.75, 3.05) is 13.2 Å². The van der Waals surface area contributed by atoms with Gasteiger partial charge in [-0.1, -0.05) is 28.9 Å². The SMILES string of the molecule is CCOc1cccc(CN2CC(c3nc(-c4ccc(Cl)c(F)c4)no3)CC2=O)c1. The zero-order valence-corrected chi connectivity index (χ0v) is 16.5. The highest BCUT2D eigenvalue weighted by atomic mass is 35.5. The second-order valence-electron chi connectivity index (χ2n) is 6.84. The molecule has 8 heteroatoms. The molecule has 1 fully saturated rings. The molecule has 0 bridgehead atoms. The van der Waals surface area contributed by atoms with Gasteiger partial charge in [0.1, 0.15) is 11.6 Å². The van der Waals surface area contributed by atoms with E-state index in [1.165, 1.54) is 12.1 Å². The first-order chi connectivity index (χ1) is 14.0. The number of nitrogens with zero attached hydrogens (tertiary/aromatic N) is 3. The lowest BCUT2D eigenvalue weighted by atomic mass is 10.1. The number of hydrogen-bond donors (Lipinski definition) is 0. The quantitative estimate of drug-likeness (QED) is 0.595. The van der Waals surface area contributed by atoms with Crippen molar-refractivity contribution in [1.29, 1.82) is 0 Å². The number of aromatic nitrogens is 2. The van der Waals surface area contributed by atoms with Crippen LogP contribution in [0.5, 0.6) is 5.75 Å². The maximum Gasteiger partial charge on any atom is 0.232 e. The van der Waals surface area contributed by atoms with Crippen molar-refractivity contribution in [1.82, 2.24) is 15.0 Å². The fourth-order valence-corrected chi connectivity index (χ4v) is 3.48. The average Bonchev–Trinajstić information content (AvgIpc) is 3.32. The van der Waals surface area contributed by atoms with Gasteiger partial charge in [-0.2, -0.15) is 4.98 Å². The van der Waals surface area contributed by atoms with E-state index in [4.69, 9.17) is 20.9 Å². The lowest BCUT2D eigenvalue weighted by molar-refractivity contribution is -0.128. The highest BCUT2D eigenvalue weighted by molar-refractivity contribution is 6.30. The number of carbonyl (C=O) groups excluding carboxylic acids is 1. The first-order valence-corrected chi connectivity index (χ1v) is 9.70. The predicted molar refractivity (Wildman–Crippen MR) is 105 cm³/mol. The summed E-state index contributed by atoms with van der Waals surface area (Å²) < 4.78 is 24.6. The molecule has 1 unspecified atom stereocenters. The monoisotopic (exact) mass is 415 g/mol. The van der Waals surface area contributed by atoms with Crippen LogP contribution in [0.1, 0.15) is 30.7 Å². The Bertz CT molecular complexity index is 1040. The molecule has 1 amide bonds. The van der Waals surface area contributed by atoms with Gasteiger partial charge in [-0.3, -0.25) is 4.79 Å². The molecule has 0 saturated carbocycles. The Hall–Kier alpha value is -2.93. The van der Waals surface area contributed by atoms with Crippen molar-refractivity contribution < 1.29 is 18.4 Å². The number of ether oxygens (including phenoxy) is 1. The van der Waals surface area contributed by atoms with Crippen LogP contribution >= 0.6 is 11.6 Å². The largest absolute Gasteiger partial charge is 0.494 e. The molecule has 0 N–H and O–H groups in total. The zero-order chi connectivity index (χ0) is 20.4. The van der Waals surface area contributed by atoms with E-state index in [2.05, 4.69) is 10.1 Å². The van der Waals surface area contributed by atoms with Crippen LogP contribution in [-0.4, -0.2) is 34.1 Å². The lowest BCUT2D eigenvalue weighted by Gasteiger charge is -2.16. The maximum atomic E-state index is 13.7. The van der Waals surface area contributed by atoms with Crippen molar-refractivity contribution in [3.8, 4) is 17.1 Å². The summed E-state index contributed by atoms with van der Waals surface area (Å²) in [5, 5.41) is 3.96. The summed E-state index contributed by atoms with van der Waals surface area (Å²) >= 11 is 5.71. The first-order valence-electron chi connectivity index (χ1n) is 9.32. The Balaban J connectivity index is 1.46. The van der Waals surface area contributed by atoms with Gasteiger partial charge in [0.15, 0.2) is 0 Å². The van der Waals surface area contributed by atoms with Gasteiger partial charge in [-0.05, 0) is 42.8 Å². The summed E-state index contributed by atoms with van der Waals surface area (Å²) in [6, 6.07) is 12.0. The smallest absolute Gasteiger partial charge is 0.232 e. The van der Waals surface area contributed by atoms with E-state index < -0.39 is 5.82 Å². The summed E-state index contributed by atoms with van der Waals surface area (Å²) in [6.45, 7) is 3.48. The standard InChI is InChI=1S/C21H19ClFN3O3/c1-2-28-16-5-3-4-13(8-16)11-26-12-15(10-19(26)27)21-24-20(25-29-21)14-6-7-17(22)18(23)9-14/h3-9,15H,2,10-12H2,1H3. The Morgan fingerprint density at radius 1 is 1.31 bits per heavy atom. The van der Waals surface area contributed by atoms with E-state index in [9.17, 15) is 9.18 Å². The molecule has 0 radical (unpaired) electrons. The number of benzene rings is 2. The minimum Gasteiger partial charge on any atom is -0.494 e. The summed E-state index contributed by atoms with van der Waals surface area (Å²) in [7, 11) is 0. The van der Waals surface area contributed by atoms with Gasteiger partial charge in [0.05, 0.1) is 17.5 Å². The summed E-state index contributed by atoms with van der Waals surface area (Å²) in [4.78, 5) is 18.6. The Morgan fingerprint density at radius 2 is 2.17 bits per heavy atom. The molecule has 2 heterocycles. The first kappa shape index (κ1) is 19.4. The normalized spacial score (nSPS) is 16.4. The molecular formula is C21H19ClFN3O3. The number of rotatable bonds is 6. The highest BCUT2D eigenvalue weighted by Crippen LogP contribution is 2.30. The Labute approximate surface area is 172 Å². The second-order valence-corrected chi connectivity index (χ2v) is 7.25. The van der Waals surface area contributed by atoms with Gasteiger partial charge >= 0.3 is 0 Å². The molecule has 1 atom stereocenters. The van der Waals surface area contributed by atoms with Crippen molar-refractivity contribution in [3.63, 3.8) is 0 Å². The molecule has 2 aromatic carbocycles. The molecule has 4 rings (SSSR count). The molecule has 1 aliphatic rings. The van der Waals surface area contributed by atoms with E-state index in [1.807, 2.05) is 31.2 Å². The maximum absolute atomic E-state index is 13.7. The minimum absolute atomic E-state index is 0.0223. The van der Waals surface area contributed by atoms with Gasteiger partial charge in [0, 0.05) is 25.1 Å². The van der Waals surface area contributed by atoms with Crippen LogP contribution in [0.25, 0.3) is 11.4 Å². The van der Waals surface area contributed by atoms with Gasteiger partial charge in [0.2, 0.25) is 17.6 Å². The highest BCUT2D eigenvalue weighted by Gasteiger charge is 2.34. The van der Waals surface area contributed by atoms with E-state index in [1.54, 1.807) is 11.0 Å². The van der Waals surface area contributed by atoms with Gasteiger partial charge in [-0.15, -0.1) is 0 Å². The molecule has 29 heavy (non-hydrogen) atoms. The average molecular weight is 416 g/mol. The Morgan fingerprint density at radius 3 is 2.97 bits per heavy atom. The fourth-order valence-electron chi connectivity index (χ4n) is 3.36. The summed E-state index contributed by atoms with van der Waals surface area (Å²) in [5.74, 6) is 0.696. The van der Waals surface area contributed by atoms with Crippen LogP contribution in [0, 0.1) is 5.82 Å². The molecule has 150 valence electrons. The third kappa shape index (κ3) is 4.24. The lowest BCUT2D eigenvalue weighted by Crippen LogP contribution is -2.24. The van der Waals surface area contributed by atoms with Gasteiger partial charge in [0.25, 0.3) is 0 Å². The van der Waals surface area contributed by atoms with E-state index >= 15 is 0 Å². The molecule has 1 saturated heterocycles. The zero-order valence-electron chi connectivity index (χ0n) is 15.8. The molecular weight excluding hydrogens is 397 g/mol. The second kappa shape index (κ2) is 8.21. The van der Waals surface area contributed by atoms with E-state index in [-0.39, 0.29) is 22.7 Å². The van der Waals surface area contributed by atoms with Crippen molar-refractivity contribution in [2.45, 2.75) is 25.8 Å². The van der Waals surface area contributed by atoms with Crippen molar-refractivity contribution in [2.24, 2.45) is 0 Å². The summed E-state index contributed by atoms with van der Waals surface area (Å²) in [5.41, 5.74) is 1.46. The van der Waals surface area contributed by atoms with E-state index in [0.29, 0.717) is 37.6 Å². The van der Waals surface area contributed by atoms with E-state index in [0.717, 1.165) is 11.3 Å². The van der Waals surface area contributed by atoms with Crippen LogP contribution in [0.3, 0.4) is 0 Å². The van der Waals surface area contributed by atoms with Crippen LogP contribution in [-0.2, 0) is 11.3 Å². The number of hydrogen-bond acceptors (Lipinski definition) is 5. The summed E-state index contributed by atoms with van der Waals surface area (Å²) in [6.07, 6.45) is 0.293. The molecule has 6 nitrogen and oxygen atoms in total. The minimum atomic E-state index is -0.549.